The Morgan fingerprint density at radius 2 is 2.10 bits per heavy atom. The van der Waals surface area contributed by atoms with Crippen LogP contribution in [-0.4, -0.2) is 38.5 Å². The summed E-state index contributed by atoms with van der Waals surface area (Å²) in [7, 11) is -3.72. The summed E-state index contributed by atoms with van der Waals surface area (Å²) in [6.45, 7) is 0.497. The van der Waals surface area contributed by atoms with Crippen LogP contribution >= 0.6 is 0 Å². The number of aldehydes is 1. The van der Waals surface area contributed by atoms with Gasteiger partial charge in [0.2, 0.25) is 0 Å². The van der Waals surface area contributed by atoms with E-state index in [1.807, 2.05) is 0 Å². The fourth-order valence-corrected chi connectivity index (χ4v) is 3.48. The van der Waals surface area contributed by atoms with Gasteiger partial charge in [-0.05, 0) is 31.4 Å². The van der Waals surface area contributed by atoms with Gasteiger partial charge in [-0.3, -0.25) is 10.1 Å². The molecule has 1 atom stereocenters. The van der Waals surface area contributed by atoms with Crippen molar-refractivity contribution in [1.29, 1.82) is 0 Å². The highest BCUT2D eigenvalue weighted by Crippen LogP contribution is 2.37. The van der Waals surface area contributed by atoms with Crippen LogP contribution in [0.2, 0.25) is 0 Å². The summed E-state index contributed by atoms with van der Waals surface area (Å²) in [4.78, 5) is 23.1. The standard InChI is InChI=1S/C13H16N2O5S/c1-21(19,20)12-7-4-6-11(13(12)15(17)18)14-8-3-2-5-10(14)9-16/h4,6-7,9-10H,2-3,5,8H2,1H3. The maximum atomic E-state index is 11.8. The Morgan fingerprint density at radius 3 is 2.67 bits per heavy atom. The monoisotopic (exact) mass is 312 g/mol. The van der Waals surface area contributed by atoms with E-state index in [9.17, 15) is 23.3 Å². The molecule has 1 aliphatic rings. The van der Waals surface area contributed by atoms with Gasteiger partial charge in [0.25, 0.3) is 0 Å². The lowest BCUT2D eigenvalue weighted by atomic mass is 10.0. The van der Waals surface area contributed by atoms with Crippen molar-refractivity contribution in [2.45, 2.75) is 30.2 Å². The first kappa shape index (κ1) is 15.4. The van der Waals surface area contributed by atoms with Crippen molar-refractivity contribution in [2.75, 3.05) is 17.7 Å². The topological polar surface area (TPSA) is 97.6 Å². The van der Waals surface area contributed by atoms with Gasteiger partial charge in [-0.1, -0.05) is 6.07 Å². The van der Waals surface area contributed by atoms with Crippen LogP contribution in [0.3, 0.4) is 0 Å². The first-order valence-electron chi connectivity index (χ1n) is 6.55. The van der Waals surface area contributed by atoms with E-state index >= 15 is 0 Å². The van der Waals surface area contributed by atoms with Gasteiger partial charge in [-0.2, -0.15) is 0 Å². The molecule has 0 bridgehead atoms. The molecule has 0 radical (unpaired) electrons. The number of nitro benzene ring substituents is 1. The van der Waals surface area contributed by atoms with Gasteiger partial charge < -0.3 is 9.69 Å². The lowest BCUT2D eigenvalue weighted by Crippen LogP contribution is -2.41. The number of sulfone groups is 1. The number of piperidine rings is 1. The quantitative estimate of drug-likeness (QED) is 0.475. The summed E-state index contributed by atoms with van der Waals surface area (Å²) in [5.41, 5.74) is -0.256. The predicted molar refractivity (Wildman–Crippen MR) is 77.3 cm³/mol. The van der Waals surface area contributed by atoms with Gasteiger partial charge in [0, 0.05) is 12.8 Å². The van der Waals surface area contributed by atoms with E-state index in [-0.39, 0.29) is 10.6 Å². The van der Waals surface area contributed by atoms with E-state index in [1.165, 1.54) is 18.2 Å². The van der Waals surface area contributed by atoms with Crippen molar-refractivity contribution < 1.29 is 18.1 Å². The highest BCUT2D eigenvalue weighted by Gasteiger charge is 2.32. The number of para-hydroxylation sites is 1. The minimum absolute atomic E-state index is 0.194. The number of anilines is 1. The fraction of sp³-hybridized carbons (Fsp3) is 0.462. The minimum atomic E-state index is -3.72. The summed E-state index contributed by atoms with van der Waals surface area (Å²) in [6.07, 6.45) is 4.00. The van der Waals surface area contributed by atoms with E-state index in [0.29, 0.717) is 13.0 Å². The van der Waals surface area contributed by atoms with Crippen LogP contribution in [-0.2, 0) is 14.6 Å². The number of hydrogen-bond acceptors (Lipinski definition) is 6. The van der Waals surface area contributed by atoms with Crippen LogP contribution < -0.4 is 4.90 Å². The molecule has 1 fully saturated rings. The summed E-state index contributed by atoms with van der Waals surface area (Å²) in [6, 6.07) is 3.73. The second kappa shape index (κ2) is 5.80. The molecule has 0 saturated carbocycles. The fourth-order valence-electron chi connectivity index (χ4n) is 2.62. The number of carbonyl (C=O) groups excluding carboxylic acids is 1. The van der Waals surface area contributed by atoms with Crippen molar-refractivity contribution in [2.24, 2.45) is 0 Å². The van der Waals surface area contributed by atoms with Gasteiger partial charge in [0.1, 0.15) is 16.9 Å². The van der Waals surface area contributed by atoms with Gasteiger partial charge in [0.05, 0.1) is 11.0 Å². The van der Waals surface area contributed by atoms with Crippen LogP contribution in [0.5, 0.6) is 0 Å². The molecule has 0 spiro atoms. The van der Waals surface area contributed by atoms with E-state index < -0.39 is 26.5 Å². The molecular formula is C13H16N2O5S. The molecule has 0 aliphatic carbocycles. The zero-order chi connectivity index (χ0) is 15.6. The average molecular weight is 312 g/mol. The van der Waals surface area contributed by atoms with Crippen molar-refractivity contribution >= 4 is 27.5 Å². The Morgan fingerprint density at radius 1 is 1.38 bits per heavy atom. The number of nitrogens with zero attached hydrogens (tertiary/aromatic N) is 2. The maximum absolute atomic E-state index is 11.8. The van der Waals surface area contributed by atoms with E-state index in [1.54, 1.807) is 4.90 Å². The van der Waals surface area contributed by atoms with Crippen molar-refractivity contribution in [1.82, 2.24) is 0 Å². The maximum Gasteiger partial charge on any atom is 0.311 e. The SMILES string of the molecule is CS(=O)(=O)c1cccc(N2CCCCC2C=O)c1[N+](=O)[O-]. The van der Waals surface area contributed by atoms with Crippen LogP contribution in [0.25, 0.3) is 0 Å². The van der Waals surface area contributed by atoms with Gasteiger partial charge in [0.15, 0.2) is 9.84 Å². The summed E-state index contributed by atoms with van der Waals surface area (Å²) in [5.74, 6) is 0. The molecule has 114 valence electrons. The molecule has 1 heterocycles. The Kier molecular flexibility index (Phi) is 4.26. The molecule has 1 aromatic carbocycles. The van der Waals surface area contributed by atoms with Crippen molar-refractivity contribution in [3.63, 3.8) is 0 Å². The Bertz CT molecular complexity index is 671. The third-order valence-corrected chi connectivity index (χ3v) is 4.70. The lowest BCUT2D eigenvalue weighted by molar-refractivity contribution is -0.387. The highest BCUT2D eigenvalue weighted by molar-refractivity contribution is 7.90. The summed E-state index contributed by atoms with van der Waals surface area (Å²) >= 11 is 0. The summed E-state index contributed by atoms with van der Waals surface area (Å²) < 4.78 is 23.5. The van der Waals surface area contributed by atoms with Crippen LogP contribution in [0, 0.1) is 10.1 Å². The number of hydrogen-bond donors (Lipinski definition) is 0. The average Bonchev–Trinajstić information content (AvgIpc) is 2.45. The van der Waals surface area contributed by atoms with Gasteiger partial charge in [-0.25, -0.2) is 8.42 Å². The molecule has 8 heteroatoms. The van der Waals surface area contributed by atoms with Gasteiger partial charge in [-0.15, -0.1) is 0 Å². The second-order valence-electron chi connectivity index (χ2n) is 5.05. The van der Waals surface area contributed by atoms with E-state index in [0.717, 1.165) is 25.4 Å². The molecule has 1 saturated heterocycles. The third kappa shape index (κ3) is 3.05. The zero-order valence-corrected chi connectivity index (χ0v) is 12.4. The molecule has 21 heavy (non-hydrogen) atoms. The Balaban J connectivity index is 2.63. The molecule has 0 aromatic heterocycles. The van der Waals surface area contributed by atoms with Crippen molar-refractivity contribution in [3.05, 3.63) is 28.3 Å². The smallest absolute Gasteiger partial charge is 0.311 e. The molecule has 2 rings (SSSR count). The number of rotatable bonds is 4. The zero-order valence-electron chi connectivity index (χ0n) is 11.6. The van der Waals surface area contributed by atoms with E-state index in [2.05, 4.69) is 0 Å². The number of carbonyl (C=O) groups is 1. The Hall–Kier alpha value is -1.96. The minimum Gasteiger partial charge on any atom is -0.356 e. The molecule has 7 nitrogen and oxygen atoms in total. The second-order valence-corrected chi connectivity index (χ2v) is 7.03. The molecule has 1 aliphatic heterocycles. The highest BCUT2D eigenvalue weighted by atomic mass is 32.2. The largest absolute Gasteiger partial charge is 0.356 e. The third-order valence-electron chi connectivity index (χ3n) is 3.58. The first-order chi connectivity index (χ1) is 9.86. The molecule has 0 N–H and O–H groups in total. The molecular weight excluding hydrogens is 296 g/mol. The number of nitro groups is 1. The predicted octanol–water partition coefficient (Wildman–Crippen LogP) is 1.56. The molecule has 0 amide bonds. The Labute approximate surface area is 122 Å². The normalized spacial score (nSPS) is 19.3. The molecule has 1 aromatic rings. The van der Waals surface area contributed by atoms with Gasteiger partial charge >= 0.3 is 5.69 Å². The number of benzene rings is 1. The van der Waals surface area contributed by atoms with Crippen LogP contribution in [0.4, 0.5) is 11.4 Å². The van der Waals surface area contributed by atoms with E-state index in [4.69, 9.17) is 0 Å². The summed E-state index contributed by atoms with van der Waals surface area (Å²) in [5, 5.41) is 11.4. The first-order valence-corrected chi connectivity index (χ1v) is 8.45. The van der Waals surface area contributed by atoms with Crippen LogP contribution in [0.1, 0.15) is 19.3 Å². The molecule has 1 unspecified atom stereocenters. The van der Waals surface area contributed by atoms with Crippen LogP contribution in [0.15, 0.2) is 23.1 Å². The van der Waals surface area contributed by atoms with Crippen molar-refractivity contribution in [3.8, 4) is 0 Å². The lowest BCUT2D eigenvalue weighted by Gasteiger charge is -2.34.